The van der Waals surface area contributed by atoms with E-state index in [2.05, 4.69) is 4.90 Å². The summed E-state index contributed by atoms with van der Waals surface area (Å²) < 4.78 is 14.1. The van der Waals surface area contributed by atoms with Gasteiger partial charge in [-0.3, -0.25) is 9.69 Å². The normalized spacial score (nSPS) is 23.9. The standard InChI is InChI=1S/C23H27FN2O3/c24-20-7-2-1-6-19(20)16-4-3-5-17(14-16)23(29)26-13-10-21(22(28)15-26)25-11-8-18(27)9-12-25/h1-7,14,18,21-22,27-28H,8-13,15H2/t21-,22-/m1/s1. The first-order valence-electron chi connectivity index (χ1n) is 10.3. The lowest BCUT2D eigenvalue weighted by molar-refractivity contribution is -0.0291. The number of rotatable bonds is 3. The summed E-state index contributed by atoms with van der Waals surface area (Å²) in [6, 6.07) is 13.5. The highest BCUT2D eigenvalue weighted by molar-refractivity contribution is 5.95. The topological polar surface area (TPSA) is 64.0 Å². The Hall–Kier alpha value is -2.28. The molecule has 0 spiro atoms. The number of aliphatic hydroxyl groups excluding tert-OH is 2. The molecule has 0 bridgehead atoms. The number of hydrogen-bond acceptors (Lipinski definition) is 4. The minimum Gasteiger partial charge on any atom is -0.393 e. The van der Waals surface area contributed by atoms with E-state index < -0.39 is 6.10 Å². The van der Waals surface area contributed by atoms with Crippen molar-refractivity contribution in [3.8, 4) is 11.1 Å². The average molecular weight is 398 g/mol. The molecule has 154 valence electrons. The summed E-state index contributed by atoms with van der Waals surface area (Å²) in [6.45, 7) is 2.42. The first kappa shape index (κ1) is 20.0. The summed E-state index contributed by atoms with van der Waals surface area (Å²) in [5, 5.41) is 20.4. The number of aliphatic hydroxyl groups is 2. The van der Waals surface area contributed by atoms with E-state index in [9.17, 15) is 19.4 Å². The number of likely N-dealkylation sites (tertiary alicyclic amines) is 2. The van der Waals surface area contributed by atoms with Crippen molar-refractivity contribution in [1.29, 1.82) is 0 Å². The number of halogens is 1. The molecule has 2 heterocycles. The van der Waals surface area contributed by atoms with Gasteiger partial charge >= 0.3 is 0 Å². The maximum absolute atomic E-state index is 14.1. The second kappa shape index (κ2) is 8.61. The molecule has 5 nitrogen and oxygen atoms in total. The van der Waals surface area contributed by atoms with Gasteiger partial charge in [0.05, 0.1) is 12.2 Å². The third-order valence-electron chi connectivity index (χ3n) is 6.10. The van der Waals surface area contributed by atoms with Crippen molar-refractivity contribution < 1.29 is 19.4 Å². The molecule has 2 aromatic rings. The Labute approximate surface area is 170 Å². The summed E-state index contributed by atoms with van der Waals surface area (Å²) in [5.74, 6) is -0.463. The van der Waals surface area contributed by atoms with Crippen LogP contribution in [0.1, 0.15) is 29.6 Å². The van der Waals surface area contributed by atoms with Crippen molar-refractivity contribution >= 4 is 5.91 Å². The second-order valence-corrected chi connectivity index (χ2v) is 8.00. The molecule has 2 N–H and O–H groups in total. The first-order chi connectivity index (χ1) is 14.0. The van der Waals surface area contributed by atoms with Crippen LogP contribution in [0.15, 0.2) is 48.5 Å². The van der Waals surface area contributed by atoms with E-state index in [1.165, 1.54) is 6.07 Å². The zero-order chi connectivity index (χ0) is 20.4. The Morgan fingerprint density at radius 1 is 0.966 bits per heavy atom. The predicted octanol–water partition coefficient (Wildman–Crippen LogP) is 2.52. The molecule has 0 radical (unpaired) electrons. The molecular formula is C23H27FN2O3. The summed E-state index contributed by atoms with van der Waals surface area (Å²) in [4.78, 5) is 16.9. The lowest BCUT2D eigenvalue weighted by Crippen LogP contribution is -2.57. The molecule has 0 unspecified atom stereocenters. The fourth-order valence-electron chi connectivity index (χ4n) is 4.44. The Balaban J connectivity index is 1.44. The van der Waals surface area contributed by atoms with Gasteiger partial charge < -0.3 is 15.1 Å². The molecule has 1 amide bonds. The smallest absolute Gasteiger partial charge is 0.253 e. The molecule has 0 saturated carbocycles. The van der Waals surface area contributed by atoms with Gasteiger partial charge in [-0.15, -0.1) is 0 Å². The van der Waals surface area contributed by atoms with Crippen LogP contribution in [-0.4, -0.2) is 70.3 Å². The van der Waals surface area contributed by atoms with Gasteiger partial charge in [-0.05, 0) is 43.0 Å². The van der Waals surface area contributed by atoms with Gasteiger partial charge in [-0.25, -0.2) is 4.39 Å². The van der Waals surface area contributed by atoms with E-state index in [-0.39, 0.29) is 30.4 Å². The maximum Gasteiger partial charge on any atom is 0.253 e. The summed E-state index contributed by atoms with van der Waals surface area (Å²) in [5.41, 5.74) is 1.63. The van der Waals surface area contributed by atoms with E-state index in [4.69, 9.17) is 0 Å². The molecule has 0 aliphatic carbocycles. The first-order valence-corrected chi connectivity index (χ1v) is 10.3. The van der Waals surface area contributed by atoms with Crippen LogP contribution in [0.3, 0.4) is 0 Å². The van der Waals surface area contributed by atoms with Crippen LogP contribution in [0, 0.1) is 5.82 Å². The van der Waals surface area contributed by atoms with Crippen LogP contribution >= 0.6 is 0 Å². The lowest BCUT2D eigenvalue weighted by Gasteiger charge is -2.43. The van der Waals surface area contributed by atoms with Crippen LogP contribution in [0.2, 0.25) is 0 Å². The third kappa shape index (κ3) is 4.34. The fraction of sp³-hybridized carbons (Fsp3) is 0.435. The van der Waals surface area contributed by atoms with Gasteiger partial charge in [0.1, 0.15) is 5.82 Å². The highest BCUT2D eigenvalue weighted by Crippen LogP contribution is 2.26. The van der Waals surface area contributed by atoms with Crippen LogP contribution in [0.25, 0.3) is 11.1 Å². The molecule has 4 rings (SSSR count). The molecule has 2 aliphatic heterocycles. The molecular weight excluding hydrogens is 371 g/mol. The SMILES string of the molecule is O=C(c1cccc(-c2ccccc2F)c1)N1CC[C@@H](N2CCC(O)CC2)[C@H](O)C1. The van der Waals surface area contributed by atoms with Crippen LogP contribution in [0.4, 0.5) is 4.39 Å². The van der Waals surface area contributed by atoms with Crippen molar-refractivity contribution in [2.75, 3.05) is 26.2 Å². The molecule has 0 aromatic heterocycles. The van der Waals surface area contributed by atoms with Crippen LogP contribution < -0.4 is 0 Å². The van der Waals surface area contributed by atoms with E-state index in [1.54, 1.807) is 47.4 Å². The lowest BCUT2D eigenvalue weighted by atomic mass is 9.96. The van der Waals surface area contributed by atoms with Crippen molar-refractivity contribution in [3.63, 3.8) is 0 Å². The summed E-state index contributed by atoms with van der Waals surface area (Å²) in [7, 11) is 0. The number of β-amino-alcohol motifs (C(OH)–C–C–N with tert-alkyl or cyclic N) is 1. The Bertz CT molecular complexity index is 867. The van der Waals surface area contributed by atoms with Crippen molar-refractivity contribution in [1.82, 2.24) is 9.80 Å². The van der Waals surface area contributed by atoms with Gasteiger partial charge in [-0.1, -0.05) is 30.3 Å². The maximum atomic E-state index is 14.1. The molecule has 2 aromatic carbocycles. The number of carbonyl (C=O) groups excluding carboxylic acids is 1. The Morgan fingerprint density at radius 2 is 1.72 bits per heavy atom. The molecule has 2 atom stereocenters. The van der Waals surface area contributed by atoms with Crippen molar-refractivity contribution in [2.24, 2.45) is 0 Å². The molecule has 2 saturated heterocycles. The number of amides is 1. The predicted molar refractivity (Wildman–Crippen MR) is 109 cm³/mol. The van der Waals surface area contributed by atoms with Gasteiger partial charge in [0, 0.05) is 43.3 Å². The number of carbonyl (C=O) groups is 1. The van der Waals surface area contributed by atoms with Crippen LogP contribution in [0.5, 0.6) is 0 Å². The average Bonchev–Trinajstić information content (AvgIpc) is 2.74. The molecule has 6 heteroatoms. The monoisotopic (exact) mass is 398 g/mol. The Morgan fingerprint density at radius 3 is 2.45 bits per heavy atom. The summed E-state index contributed by atoms with van der Waals surface area (Å²) >= 11 is 0. The zero-order valence-corrected chi connectivity index (χ0v) is 16.4. The minimum atomic E-state index is -0.613. The molecule has 2 fully saturated rings. The van der Waals surface area contributed by atoms with Crippen LogP contribution in [-0.2, 0) is 0 Å². The molecule has 29 heavy (non-hydrogen) atoms. The van der Waals surface area contributed by atoms with Gasteiger partial charge in [-0.2, -0.15) is 0 Å². The minimum absolute atomic E-state index is 0.0244. The highest BCUT2D eigenvalue weighted by atomic mass is 19.1. The number of piperidine rings is 2. The van der Waals surface area contributed by atoms with Gasteiger partial charge in [0.15, 0.2) is 0 Å². The van der Waals surface area contributed by atoms with E-state index in [0.29, 0.717) is 29.7 Å². The summed E-state index contributed by atoms with van der Waals surface area (Å²) in [6.07, 6.45) is 1.31. The fourth-order valence-corrected chi connectivity index (χ4v) is 4.44. The van der Waals surface area contributed by atoms with Crippen molar-refractivity contribution in [2.45, 2.75) is 37.5 Å². The highest BCUT2D eigenvalue weighted by Gasteiger charge is 2.35. The number of hydrogen-bond donors (Lipinski definition) is 2. The zero-order valence-electron chi connectivity index (χ0n) is 16.4. The van der Waals surface area contributed by atoms with Crippen molar-refractivity contribution in [3.05, 3.63) is 59.9 Å². The number of benzene rings is 2. The second-order valence-electron chi connectivity index (χ2n) is 8.00. The van der Waals surface area contributed by atoms with Gasteiger partial charge in [0.2, 0.25) is 0 Å². The molecule has 2 aliphatic rings. The largest absolute Gasteiger partial charge is 0.393 e. The van der Waals surface area contributed by atoms with E-state index >= 15 is 0 Å². The third-order valence-corrected chi connectivity index (χ3v) is 6.10. The van der Waals surface area contributed by atoms with E-state index in [1.807, 2.05) is 0 Å². The quantitative estimate of drug-likeness (QED) is 0.834. The van der Waals surface area contributed by atoms with Gasteiger partial charge in [0.25, 0.3) is 5.91 Å². The number of nitrogens with zero attached hydrogens (tertiary/aromatic N) is 2. The van der Waals surface area contributed by atoms with E-state index in [0.717, 1.165) is 25.9 Å². The Kier molecular flexibility index (Phi) is 5.94.